The van der Waals surface area contributed by atoms with Crippen LogP contribution in [0, 0.1) is 11.3 Å². The SMILES string of the molecule is CC12CCCCC1(C)N(c1ccc(C#N)cc1)c1ccc(-c3ccc4c(c3)C(c3ccccc3)(c3ccccc3)c3ccccc3-4)cc12. The summed E-state index contributed by atoms with van der Waals surface area (Å²) in [6.07, 6.45) is 4.77. The molecule has 1 fully saturated rings. The number of anilines is 2. The first-order valence-corrected chi connectivity index (χ1v) is 17.3. The van der Waals surface area contributed by atoms with Gasteiger partial charge in [0.2, 0.25) is 0 Å². The number of hydrogen-bond acceptors (Lipinski definition) is 2. The fourth-order valence-electron chi connectivity index (χ4n) is 9.63. The Balaban J connectivity index is 1.25. The standard InChI is InChI=1S/C46H38N2/c1-44-27-11-12-28-45(44,2)48(37-23-19-32(31-47)20-24-37)43-26-22-34(30-42(43)44)33-21-25-39-38-17-9-10-18-40(38)46(41(39)29-33,35-13-5-3-6-14-35)36-15-7-4-8-16-36/h3-10,13-26,29-30H,11-12,27-28H2,1-2H3. The van der Waals surface area contributed by atoms with Crippen LogP contribution >= 0.6 is 0 Å². The van der Waals surface area contributed by atoms with Crippen molar-refractivity contribution in [3.63, 3.8) is 0 Å². The minimum atomic E-state index is -0.415. The molecule has 0 saturated heterocycles. The van der Waals surface area contributed by atoms with Crippen LogP contribution in [0.25, 0.3) is 22.3 Å². The van der Waals surface area contributed by atoms with Gasteiger partial charge in [0, 0.05) is 16.8 Å². The Morgan fingerprint density at radius 3 is 1.83 bits per heavy atom. The van der Waals surface area contributed by atoms with E-state index < -0.39 is 5.41 Å². The summed E-state index contributed by atoms with van der Waals surface area (Å²) in [5, 5.41) is 9.48. The Hall–Kier alpha value is -5.39. The van der Waals surface area contributed by atoms with E-state index in [4.69, 9.17) is 0 Å². The Morgan fingerprint density at radius 2 is 1.15 bits per heavy atom. The van der Waals surface area contributed by atoms with Gasteiger partial charge in [-0.05, 0) is 112 Å². The van der Waals surface area contributed by atoms with Gasteiger partial charge in [0.1, 0.15) is 0 Å². The first-order valence-electron chi connectivity index (χ1n) is 17.3. The Bertz CT molecular complexity index is 2190. The normalized spacial score (nSPS) is 21.5. The Labute approximate surface area is 284 Å². The third-order valence-corrected chi connectivity index (χ3v) is 12.2. The van der Waals surface area contributed by atoms with E-state index in [1.807, 2.05) is 12.1 Å². The van der Waals surface area contributed by atoms with Crippen molar-refractivity contribution in [3.8, 4) is 28.3 Å². The van der Waals surface area contributed by atoms with Crippen molar-refractivity contribution < 1.29 is 0 Å². The summed E-state index contributed by atoms with van der Waals surface area (Å²) < 4.78 is 0. The van der Waals surface area contributed by atoms with Crippen molar-refractivity contribution in [3.05, 3.63) is 179 Å². The van der Waals surface area contributed by atoms with Gasteiger partial charge >= 0.3 is 0 Å². The largest absolute Gasteiger partial charge is 0.334 e. The molecule has 2 aliphatic carbocycles. The van der Waals surface area contributed by atoms with Crippen LogP contribution in [-0.2, 0) is 10.8 Å². The third-order valence-electron chi connectivity index (χ3n) is 12.2. The van der Waals surface area contributed by atoms with Crippen molar-refractivity contribution in [1.82, 2.24) is 0 Å². The molecule has 1 saturated carbocycles. The average molecular weight is 619 g/mol. The van der Waals surface area contributed by atoms with E-state index in [9.17, 15) is 5.26 Å². The van der Waals surface area contributed by atoms with Crippen LogP contribution in [0.15, 0.2) is 146 Å². The maximum Gasteiger partial charge on any atom is 0.0991 e. The highest BCUT2D eigenvalue weighted by atomic mass is 15.3. The molecular formula is C46H38N2. The summed E-state index contributed by atoms with van der Waals surface area (Å²) in [6.45, 7) is 4.96. The topological polar surface area (TPSA) is 27.0 Å². The highest BCUT2D eigenvalue weighted by Gasteiger charge is 2.57. The molecule has 232 valence electrons. The van der Waals surface area contributed by atoms with E-state index in [1.54, 1.807) is 0 Å². The molecule has 6 aromatic carbocycles. The molecule has 9 rings (SSSR count). The molecule has 0 bridgehead atoms. The minimum absolute atomic E-state index is 0.00922. The number of nitriles is 1. The molecule has 1 heterocycles. The first-order chi connectivity index (χ1) is 23.5. The van der Waals surface area contributed by atoms with Gasteiger partial charge in [0.25, 0.3) is 0 Å². The van der Waals surface area contributed by atoms with Crippen LogP contribution in [0.3, 0.4) is 0 Å². The fraction of sp³-hybridized carbons (Fsp3) is 0.196. The van der Waals surface area contributed by atoms with Gasteiger partial charge in [0.05, 0.1) is 22.6 Å². The number of hydrogen-bond donors (Lipinski definition) is 0. The van der Waals surface area contributed by atoms with Gasteiger partial charge in [-0.25, -0.2) is 0 Å². The highest BCUT2D eigenvalue weighted by Crippen LogP contribution is 2.62. The molecule has 0 amide bonds. The van der Waals surface area contributed by atoms with Crippen LogP contribution in [0.1, 0.15) is 72.9 Å². The van der Waals surface area contributed by atoms with Crippen molar-refractivity contribution in [2.45, 2.75) is 55.9 Å². The van der Waals surface area contributed by atoms with Crippen molar-refractivity contribution in [2.24, 2.45) is 0 Å². The van der Waals surface area contributed by atoms with Crippen molar-refractivity contribution in [1.29, 1.82) is 5.26 Å². The second-order valence-electron chi connectivity index (χ2n) is 14.3. The first kappa shape index (κ1) is 28.8. The molecular weight excluding hydrogens is 581 g/mol. The highest BCUT2D eigenvalue weighted by molar-refractivity contribution is 5.89. The Kier molecular flexibility index (Phi) is 6.34. The lowest BCUT2D eigenvalue weighted by atomic mass is 9.61. The fourth-order valence-corrected chi connectivity index (χ4v) is 9.63. The summed E-state index contributed by atoms with van der Waals surface area (Å²) >= 11 is 0. The van der Waals surface area contributed by atoms with Crippen LogP contribution in [0.2, 0.25) is 0 Å². The van der Waals surface area contributed by atoms with E-state index in [0.29, 0.717) is 5.56 Å². The quantitative estimate of drug-likeness (QED) is 0.196. The molecule has 2 nitrogen and oxygen atoms in total. The maximum absolute atomic E-state index is 9.48. The molecule has 1 aliphatic heterocycles. The molecule has 2 heteroatoms. The van der Waals surface area contributed by atoms with E-state index in [2.05, 4.69) is 158 Å². The number of nitrogens with zero attached hydrogens (tertiary/aromatic N) is 2. The van der Waals surface area contributed by atoms with E-state index in [1.165, 1.54) is 74.3 Å². The van der Waals surface area contributed by atoms with Gasteiger partial charge in [-0.2, -0.15) is 5.26 Å². The minimum Gasteiger partial charge on any atom is -0.334 e. The van der Waals surface area contributed by atoms with Crippen LogP contribution in [0.4, 0.5) is 11.4 Å². The van der Waals surface area contributed by atoms with Crippen LogP contribution in [-0.4, -0.2) is 5.54 Å². The van der Waals surface area contributed by atoms with E-state index >= 15 is 0 Å². The predicted molar refractivity (Wildman–Crippen MR) is 197 cm³/mol. The number of fused-ring (bicyclic) bond motifs is 6. The zero-order valence-electron chi connectivity index (χ0n) is 27.6. The lowest BCUT2D eigenvalue weighted by Gasteiger charge is -2.50. The molecule has 3 aliphatic rings. The summed E-state index contributed by atoms with van der Waals surface area (Å²) in [6, 6.07) is 55.9. The van der Waals surface area contributed by atoms with Gasteiger partial charge in [-0.1, -0.05) is 123 Å². The molecule has 2 atom stereocenters. The van der Waals surface area contributed by atoms with Crippen LogP contribution < -0.4 is 4.90 Å². The predicted octanol–water partition coefficient (Wildman–Crippen LogP) is 11.3. The molecule has 0 N–H and O–H groups in total. The van der Waals surface area contributed by atoms with Crippen molar-refractivity contribution >= 4 is 11.4 Å². The van der Waals surface area contributed by atoms with Gasteiger partial charge in [-0.15, -0.1) is 0 Å². The summed E-state index contributed by atoms with van der Waals surface area (Å²) in [5.74, 6) is 0. The van der Waals surface area contributed by atoms with E-state index in [-0.39, 0.29) is 11.0 Å². The number of rotatable bonds is 4. The second kappa shape index (κ2) is 10.6. The molecule has 0 aromatic heterocycles. The van der Waals surface area contributed by atoms with Gasteiger partial charge < -0.3 is 4.90 Å². The number of benzene rings is 6. The van der Waals surface area contributed by atoms with Gasteiger partial charge in [0.15, 0.2) is 0 Å². The molecule has 0 spiro atoms. The smallest absolute Gasteiger partial charge is 0.0991 e. The third kappa shape index (κ3) is 3.79. The van der Waals surface area contributed by atoms with Crippen molar-refractivity contribution in [2.75, 3.05) is 4.90 Å². The second-order valence-corrected chi connectivity index (χ2v) is 14.3. The van der Waals surface area contributed by atoms with E-state index in [0.717, 1.165) is 12.8 Å². The Morgan fingerprint density at radius 1 is 0.562 bits per heavy atom. The average Bonchev–Trinajstić information content (AvgIpc) is 3.55. The maximum atomic E-state index is 9.48. The molecule has 48 heavy (non-hydrogen) atoms. The van der Waals surface area contributed by atoms with Gasteiger partial charge in [-0.3, -0.25) is 0 Å². The molecule has 0 radical (unpaired) electrons. The lowest BCUT2D eigenvalue weighted by Crippen LogP contribution is -2.54. The molecule has 6 aromatic rings. The zero-order chi connectivity index (χ0) is 32.5. The lowest BCUT2D eigenvalue weighted by molar-refractivity contribution is 0.195. The molecule has 2 unspecified atom stereocenters. The summed E-state index contributed by atoms with van der Waals surface area (Å²) in [5.41, 5.74) is 14.5. The van der Waals surface area contributed by atoms with Crippen LogP contribution in [0.5, 0.6) is 0 Å². The summed E-state index contributed by atoms with van der Waals surface area (Å²) in [4.78, 5) is 2.58. The monoisotopic (exact) mass is 618 g/mol. The summed E-state index contributed by atoms with van der Waals surface area (Å²) in [7, 11) is 0. The zero-order valence-corrected chi connectivity index (χ0v) is 27.6.